The molecule has 54 valence electrons. The minimum Gasteiger partial charge on any atom is -0.508 e. The molecular formula is C7H8O2S. The van der Waals surface area contributed by atoms with Crippen molar-refractivity contribution in [1.29, 1.82) is 0 Å². The molecule has 0 bridgehead atoms. The van der Waals surface area contributed by atoms with Crippen molar-refractivity contribution in [2.45, 2.75) is 4.90 Å². The Labute approximate surface area is 63.5 Å². The molecule has 0 aromatic heterocycles. The zero-order valence-electron chi connectivity index (χ0n) is 5.53. The van der Waals surface area contributed by atoms with Crippen LogP contribution >= 0.6 is 11.8 Å². The molecule has 0 spiro atoms. The monoisotopic (exact) mass is 156 g/mol. The smallest absolute Gasteiger partial charge is 0.129 e. The van der Waals surface area contributed by atoms with Gasteiger partial charge in [0, 0.05) is 0 Å². The van der Waals surface area contributed by atoms with Gasteiger partial charge in [0.2, 0.25) is 0 Å². The molecule has 0 aliphatic heterocycles. The van der Waals surface area contributed by atoms with Crippen molar-refractivity contribution >= 4 is 11.8 Å². The number of aromatic hydroxyl groups is 2. The standard InChI is InChI=1S/C7H8O2S/c1-10-7-4-5(8)2-3-6(7)9/h2-4,8-9H,1H3. The van der Waals surface area contributed by atoms with Gasteiger partial charge in [0.05, 0.1) is 4.90 Å². The van der Waals surface area contributed by atoms with Gasteiger partial charge in [-0.3, -0.25) is 0 Å². The third-order valence-electron chi connectivity index (χ3n) is 1.16. The summed E-state index contributed by atoms with van der Waals surface area (Å²) in [6, 6.07) is 4.45. The molecule has 0 aliphatic carbocycles. The van der Waals surface area contributed by atoms with Crippen molar-refractivity contribution in [2.75, 3.05) is 6.26 Å². The maximum absolute atomic E-state index is 9.10. The zero-order valence-corrected chi connectivity index (χ0v) is 6.35. The number of hydrogen-bond acceptors (Lipinski definition) is 3. The van der Waals surface area contributed by atoms with Crippen molar-refractivity contribution in [3.05, 3.63) is 18.2 Å². The number of rotatable bonds is 1. The zero-order chi connectivity index (χ0) is 7.56. The number of phenolic OH excluding ortho intramolecular Hbond substituents is 2. The van der Waals surface area contributed by atoms with E-state index in [1.54, 1.807) is 0 Å². The molecule has 0 aliphatic rings. The molecule has 0 fully saturated rings. The lowest BCUT2D eigenvalue weighted by Crippen LogP contribution is -1.71. The van der Waals surface area contributed by atoms with Gasteiger partial charge >= 0.3 is 0 Å². The van der Waals surface area contributed by atoms with Gasteiger partial charge in [-0.1, -0.05) is 0 Å². The minimum absolute atomic E-state index is 0.183. The highest BCUT2D eigenvalue weighted by Gasteiger charge is 1.98. The lowest BCUT2D eigenvalue weighted by atomic mass is 10.3. The minimum atomic E-state index is 0.183. The first-order chi connectivity index (χ1) is 4.74. The van der Waals surface area contributed by atoms with Gasteiger partial charge in [0.1, 0.15) is 11.5 Å². The summed E-state index contributed by atoms with van der Waals surface area (Å²) in [5, 5.41) is 18.0. The molecule has 0 atom stereocenters. The molecule has 2 nitrogen and oxygen atoms in total. The Hall–Kier alpha value is -0.830. The predicted octanol–water partition coefficient (Wildman–Crippen LogP) is 1.82. The largest absolute Gasteiger partial charge is 0.508 e. The van der Waals surface area contributed by atoms with E-state index in [2.05, 4.69) is 0 Å². The summed E-state index contributed by atoms with van der Waals surface area (Å²) in [4.78, 5) is 0.694. The molecule has 1 aromatic carbocycles. The fourth-order valence-corrected chi connectivity index (χ4v) is 1.18. The maximum Gasteiger partial charge on any atom is 0.129 e. The van der Waals surface area contributed by atoms with Gasteiger partial charge < -0.3 is 10.2 Å². The highest BCUT2D eigenvalue weighted by molar-refractivity contribution is 7.98. The Morgan fingerprint density at radius 2 is 2.00 bits per heavy atom. The number of thioether (sulfide) groups is 1. The van der Waals surface area contributed by atoms with Crippen LogP contribution in [0, 0.1) is 0 Å². The Bertz CT molecular complexity index is 235. The van der Waals surface area contributed by atoms with Crippen LogP contribution in [0.4, 0.5) is 0 Å². The predicted molar refractivity (Wildman–Crippen MR) is 41.6 cm³/mol. The molecule has 0 heterocycles. The number of hydrogen-bond donors (Lipinski definition) is 2. The highest BCUT2D eigenvalue weighted by Crippen LogP contribution is 2.29. The third-order valence-corrected chi connectivity index (χ3v) is 1.93. The van der Waals surface area contributed by atoms with Crippen molar-refractivity contribution in [1.82, 2.24) is 0 Å². The normalized spacial score (nSPS) is 9.70. The average molecular weight is 156 g/mol. The van der Waals surface area contributed by atoms with E-state index < -0.39 is 0 Å². The molecule has 10 heavy (non-hydrogen) atoms. The van der Waals surface area contributed by atoms with E-state index in [-0.39, 0.29) is 11.5 Å². The summed E-state index contributed by atoms with van der Waals surface area (Å²) in [6.45, 7) is 0. The summed E-state index contributed by atoms with van der Waals surface area (Å²) < 4.78 is 0. The van der Waals surface area contributed by atoms with Crippen LogP contribution in [0.1, 0.15) is 0 Å². The van der Waals surface area contributed by atoms with E-state index >= 15 is 0 Å². The van der Waals surface area contributed by atoms with Crippen LogP contribution in [0.3, 0.4) is 0 Å². The molecule has 0 unspecified atom stereocenters. The Morgan fingerprint density at radius 3 is 2.50 bits per heavy atom. The topological polar surface area (TPSA) is 40.5 Å². The average Bonchev–Trinajstić information content (AvgIpc) is 1.94. The van der Waals surface area contributed by atoms with Crippen LogP contribution in [-0.4, -0.2) is 16.5 Å². The molecule has 0 saturated heterocycles. The lowest BCUT2D eigenvalue weighted by Gasteiger charge is -1.99. The Balaban J connectivity index is 3.09. The van der Waals surface area contributed by atoms with E-state index in [4.69, 9.17) is 10.2 Å². The fraction of sp³-hybridized carbons (Fsp3) is 0.143. The van der Waals surface area contributed by atoms with E-state index in [0.29, 0.717) is 4.90 Å². The van der Waals surface area contributed by atoms with E-state index in [9.17, 15) is 0 Å². The first kappa shape index (κ1) is 7.28. The van der Waals surface area contributed by atoms with Crippen molar-refractivity contribution in [3.63, 3.8) is 0 Å². The van der Waals surface area contributed by atoms with Gasteiger partial charge in [-0.2, -0.15) is 0 Å². The van der Waals surface area contributed by atoms with Crippen molar-refractivity contribution < 1.29 is 10.2 Å². The van der Waals surface area contributed by atoms with Gasteiger partial charge in [-0.05, 0) is 24.5 Å². The second kappa shape index (κ2) is 2.84. The second-order valence-corrected chi connectivity index (χ2v) is 2.70. The molecule has 2 N–H and O–H groups in total. The highest BCUT2D eigenvalue weighted by atomic mass is 32.2. The number of benzene rings is 1. The van der Waals surface area contributed by atoms with Gasteiger partial charge in [0.25, 0.3) is 0 Å². The molecule has 3 heteroatoms. The first-order valence-corrected chi connectivity index (χ1v) is 4.02. The lowest BCUT2D eigenvalue weighted by molar-refractivity contribution is 0.449. The maximum atomic E-state index is 9.10. The van der Waals surface area contributed by atoms with Crippen LogP contribution in [0.5, 0.6) is 11.5 Å². The van der Waals surface area contributed by atoms with Crippen LogP contribution in [-0.2, 0) is 0 Å². The second-order valence-electron chi connectivity index (χ2n) is 1.86. The quantitative estimate of drug-likeness (QED) is 0.481. The summed E-state index contributed by atoms with van der Waals surface area (Å²) >= 11 is 1.40. The van der Waals surface area contributed by atoms with Gasteiger partial charge in [-0.15, -0.1) is 11.8 Å². The summed E-state index contributed by atoms with van der Waals surface area (Å²) in [6.07, 6.45) is 1.84. The Morgan fingerprint density at radius 1 is 1.30 bits per heavy atom. The fourth-order valence-electron chi connectivity index (χ4n) is 0.666. The molecule has 0 saturated carbocycles. The van der Waals surface area contributed by atoms with E-state index in [0.717, 1.165) is 0 Å². The van der Waals surface area contributed by atoms with E-state index in [1.165, 1.54) is 30.0 Å². The van der Waals surface area contributed by atoms with Crippen molar-refractivity contribution in [2.24, 2.45) is 0 Å². The molecule has 0 radical (unpaired) electrons. The van der Waals surface area contributed by atoms with Gasteiger partial charge in [-0.25, -0.2) is 0 Å². The molecule has 1 rings (SSSR count). The number of phenols is 2. The summed E-state index contributed by atoms with van der Waals surface area (Å²) in [5.41, 5.74) is 0. The van der Waals surface area contributed by atoms with Crippen LogP contribution in [0.15, 0.2) is 23.1 Å². The van der Waals surface area contributed by atoms with E-state index in [1.807, 2.05) is 6.26 Å². The SMILES string of the molecule is CSc1cc(O)ccc1O. The first-order valence-electron chi connectivity index (χ1n) is 2.80. The van der Waals surface area contributed by atoms with Crippen molar-refractivity contribution in [3.8, 4) is 11.5 Å². The van der Waals surface area contributed by atoms with Crippen LogP contribution in [0.2, 0.25) is 0 Å². The molecule has 1 aromatic rings. The molecule has 0 amide bonds. The van der Waals surface area contributed by atoms with Crippen LogP contribution < -0.4 is 0 Å². The third kappa shape index (κ3) is 1.36. The summed E-state index contributed by atoms with van der Waals surface area (Å²) in [5.74, 6) is 0.396. The van der Waals surface area contributed by atoms with Crippen LogP contribution in [0.25, 0.3) is 0 Å². The molecular weight excluding hydrogens is 148 g/mol. The Kier molecular flexibility index (Phi) is 2.06. The summed E-state index contributed by atoms with van der Waals surface area (Å²) in [7, 11) is 0. The van der Waals surface area contributed by atoms with Gasteiger partial charge in [0.15, 0.2) is 0 Å².